The molecular weight excluding hydrogens is 266 g/mol. The zero-order valence-corrected chi connectivity index (χ0v) is 10.7. The third-order valence-electron chi connectivity index (χ3n) is 3.45. The predicted octanol–water partition coefficient (Wildman–Crippen LogP) is 1.98. The molecule has 108 valence electrons. The summed E-state index contributed by atoms with van der Waals surface area (Å²) in [5.41, 5.74) is -1.98. The molecule has 0 atom stereocenters. The number of carbonyl (C=O) groups is 1. The summed E-state index contributed by atoms with van der Waals surface area (Å²) >= 11 is 0. The van der Waals surface area contributed by atoms with Gasteiger partial charge in [0.15, 0.2) is 5.56 Å². The van der Waals surface area contributed by atoms with E-state index in [1.807, 2.05) is 0 Å². The van der Waals surface area contributed by atoms with E-state index in [-0.39, 0.29) is 12.4 Å². The fourth-order valence-electron chi connectivity index (χ4n) is 2.40. The molecule has 1 fully saturated rings. The number of nitro benzene ring substituents is 1. The molecule has 1 aromatic rings. The monoisotopic (exact) mass is 281 g/mol. The van der Waals surface area contributed by atoms with Gasteiger partial charge in [0.1, 0.15) is 12.4 Å². The van der Waals surface area contributed by atoms with E-state index in [1.54, 1.807) is 0 Å². The van der Waals surface area contributed by atoms with E-state index >= 15 is 0 Å². The predicted molar refractivity (Wildman–Crippen MR) is 69.0 cm³/mol. The minimum absolute atomic E-state index is 0.0611. The minimum atomic E-state index is -1.43. The first-order valence-corrected chi connectivity index (χ1v) is 6.29. The SMILES string of the molecule is O=C(O)c1c(OCC2(O)CCCC2)cccc1[N+](=O)[O-]. The van der Waals surface area contributed by atoms with Gasteiger partial charge >= 0.3 is 5.97 Å². The van der Waals surface area contributed by atoms with Crippen LogP contribution in [0, 0.1) is 10.1 Å². The molecule has 0 aromatic heterocycles. The molecule has 0 radical (unpaired) electrons. The van der Waals surface area contributed by atoms with Crippen molar-refractivity contribution in [1.82, 2.24) is 0 Å². The lowest BCUT2D eigenvalue weighted by atomic mass is 10.0. The van der Waals surface area contributed by atoms with Crippen LogP contribution in [0.5, 0.6) is 5.75 Å². The topological polar surface area (TPSA) is 110 Å². The maximum atomic E-state index is 11.2. The van der Waals surface area contributed by atoms with Gasteiger partial charge in [-0.3, -0.25) is 10.1 Å². The highest BCUT2D eigenvalue weighted by atomic mass is 16.6. The number of nitrogens with zero attached hydrogens (tertiary/aromatic N) is 1. The van der Waals surface area contributed by atoms with Gasteiger partial charge in [0, 0.05) is 6.07 Å². The number of aliphatic hydroxyl groups is 1. The molecule has 1 aliphatic carbocycles. The van der Waals surface area contributed by atoms with Crippen LogP contribution in [0.2, 0.25) is 0 Å². The van der Waals surface area contributed by atoms with E-state index in [9.17, 15) is 20.0 Å². The average Bonchev–Trinajstić information content (AvgIpc) is 2.83. The smallest absolute Gasteiger partial charge is 0.346 e. The van der Waals surface area contributed by atoms with Crippen LogP contribution in [-0.4, -0.2) is 33.3 Å². The van der Waals surface area contributed by atoms with Gasteiger partial charge in [-0.2, -0.15) is 0 Å². The summed E-state index contributed by atoms with van der Waals surface area (Å²) in [6.07, 6.45) is 2.95. The van der Waals surface area contributed by atoms with E-state index in [4.69, 9.17) is 9.84 Å². The Bertz CT molecular complexity index is 536. The molecule has 20 heavy (non-hydrogen) atoms. The van der Waals surface area contributed by atoms with Crippen LogP contribution >= 0.6 is 0 Å². The Morgan fingerprint density at radius 1 is 1.40 bits per heavy atom. The second-order valence-electron chi connectivity index (χ2n) is 4.93. The highest BCUT2D eigenvalue weighted by molar-refractivity contribution is 5.95. The van der Waals surface area contributed by atoms with Crippen molar-refractivity contribution in [3.63, 3.8) is 0 Å². The van der Waals surface area contributed by atoms with Crippen LogP contribution in [0.3, 0.4) is 0 Å². The van der Waals surface area contributed by atoms with Crippen LogP contribution in [0.4, 0.5) is 5.69 Å². The number of carboxylic acids is 1. The molecule has 7 heteroatoms. The molecule has 1 aromatic carbocycles. The highest BCUT2D eigenvalue weighted by Crippen LogP contribution is 2.32. The van der Waals surface area contributed by atoms with Gasteiger partial charge in [0.25, 0.3) is 5.69 Å². The molecule has 0 spiro atoms. The van der Waals surface area contributed by atoms with E-state index < -0.39 is 27.7 Å². The Morgan fingerprint density at radius 3 is 2.60 bits per heavy atom. The van der Waals surface area contributed by atoms with Crippen molar-refractivity contribution < 1.29 is 24.7 Å². The van der Waals surface area contributed by atoms with E-state index in [0.717, 1.165) is 18.9 Å². The second-order valence-corrected chi connectivity index (χ2v) is 4.93. The molecule has 2 N–H and O–H groups in total. The Hall–Kier alpha value is -2.15. The van der Waals surface area contributed by atoms with Crippen molar-refractivity contribution in [2.75, 3.05) is 6.61 Å². The number of hydrogen-bond acceptors (Lipinski definition) is 5. The number of benzene rings is 1. The lowest BCUT2D eigenvalue weighted by Crippen LogP contribution is -2.32. The Morgan fingerprint density at radius 2 is 2.05 bits per heavy atom. The summed E-state index contributed by atoms with van der Waals surface area (Å²) < 4.78 is 5.34. The molecule has 0 unspecified atom stereocenters. The van der Waals surface area contributed by atoms with E-state index in [1.165, 1.54) is 12.1 Å². The van der Waals surface area contributed by atoms with Crippen molar-refractivity contribution in [2.24, 2.45) is 0 Å². The van der Waals surface area contributed by atoms with Gasteiger partial charge in [-0.1, -0.05) is 18.9 Å². The molecule has 0 heterocycles. The summed E-state index contributed by atoms with van der Waals surface area (Å²) in [4.78, 5) is 21.3. The van der Waals surface area contributed by atoms with Gasteiger partial charge in [-0.25, -0.2) is 4.79 Å². The number of carboxylic acid groups (broad SMARTS) is 1. The Labute approximate surface area is 114 Å². The van der Waals surface area contributed by atoms with Crippen molar-refractivity contribution in [1.29, 1.82) is 0 Å². The number of aromatic carboxylic acids is 1. The maximum Gasteiger partial charge on any atom is 0.346 e. The molecule has 1 saturated carbocycles. The summed E-state index contributed by atoms with van der Waals surface area (Å²) in [7, 11) is 0. The van der Waals surface area contributed by atoms with Crippen LogP contribution in [-0.2, 0) is 0 Å². The number of ether oxygens (including phenoxy) is 1. The quantitative estimate of drug-likeness (QED) is 0.630. The first kappa shape index (κ1) is 14.3. The lowest BCUT2D eigenvalue weighted by Gasteiger charge is -2.22. The molecule has 0 amide bonds. The summed E-state index contributed by atoms with van der Waals surface area (Å²) in [6, 6.07) is 3.83. The number of rotatable bonds is 5. The molecule has 0 saturated heterocycles. The van der Waals surface area contributed by atoms with Crippen molar-refractivity contribution >= 4 is 11.7 Å². The second kappa shape index (κ2) is 5.46. The van der Waals surface area contributed by atoms with Gasteiger partial charge in [-0.15, -0.1) is 0 Å². The summed E-state index contributed by atoms with van der Waals surface area (Å²) in [5, 5.41) is 30.1. The molecular formula is C13H15NO6. The molecule has 0 bridgehead atoms. The summed E-state index contributed by atoms with van der Waals surface area (Å²) in [5.74, 6) is -1.52. The standard InChI is InChI=1S/C13H15NO6/c15-12(16)11-9(14(18)19)4-3-5-10(11)20-8-13(17)6-1-2-7-13/h3-5,17H,1-2,6-8H2,(H,15,16). The number of nitro groups is 1. The third kappa shape index (κ3) is 2.88. The zero-order chi connectivity index (χ0) is 14.8. The van der Waals surface area contributed by atoms with Crippen LogP contribution < -0.4 is 4.74 Å². The summed E-state index contributed by atoms with van der Waals surface area (Å²) in [6.45, 7) is -0.0611. The fourth-order valence-corrected chi connectivity index (χ4v) is 2.40. The van der Waals surface area contributed by atoms with Gasteiger partial charge < -0.3 is 14.9 Å². The van der Waals surface area contributed by atoms with Crippen LogP contribution in [0.1, 0.15) is 36.0 Å². The zero-order valence-electron chi connectivity index (χ0n) is 10.7. The largest absolute Gasteiger partial charge is 0.489 e. The molecule has 7 nitrogen and oxygen atoms in total. The first-order chi connectivity index (χ1) is 9.43. The van der Waals surface area contributed by atoms with Crippen molar-refractivity contribution in [3.8, 4) is 5.75 Å². The van der Waals surface area contributed by atoms with Crippen molar-refractivity contribution in [3.05, 3.63) is 33.9 Å². The highest BCUT2D eigenvalue weighted by Gasteiger charge is 2.33. The van der Waals surface area contributed by atoms with Crippen LogP contribution in [0.15, 0.2) is 18.2 Å². The number of hydrogen-bond donors (Lipinski definition) is 2. The molecule has 0 aliphatic heterocycles. The Kier molecular flexibility index (Phi) is 3.89. The van der Waals surface area contributed by atoms with Crippen molar-refractivity contribution in [2.45, 2.75) is 31.3 Å². The van der Waals surface area contributed by atoms with E-state index in [2.05, 4.69) is 0 Å². The minimum Gasteiger partial charge on any atom is -0.489 e. The first-order valence-electron chi connectivity index (χ1n) is 6.29. The molecule has 2 rings (SSSR count). The Balaban J connectivity index is 2.25. The van der Waals surface area contributed by atoms with Crippen LogP contribution in [0.25, 0.3) is 0 Å². The van der Waals surface area contributed by atoms with Gasteiger partial charge in [0.05, 0.1) is 10.5 Å². The normalized spacial score (nSPS) is 16.9. The van der Waals surface area contributed by atoms with Gasteiger partial charge in [-0.05, 0) is 18.9 Å². The lowest BCUT2D eigenvalue weighted by molar-refractivity contribution is -0.385. The fraction of sp³-hybridized carbons (Fsp3) is 0.462. The third-order valence-corrected chi connectivity index (χ3v) is 3.45. The van der Waals surface area contributed by atoms with E-state index in [0.29, 0.717) is 12.8 Å². The maximum absolute atomic E-state index is 11.2. The van der Waals surface area contributed by atoms with Gasteiger partial charge in [0.2, 0.25) is 0 Å². The molecule has 1 aliphatic rings. The average molecular weight is 281 g/mol.